The summed E-state index contributed by atoms with van der Waals surface area (Å²) in [5, 5.41) is 19.8. The molecule has 108 valence electrons. The zero-order chi connectivity index (χ0) is 14.8. The predicted octanol–water partition coefficient (Wildman–Crippen LogP) is 2.92. The summed E-state index contributed by atoms with van der Waals surface area (Å²) < 4.78 is 46.4. The van der Waals surface area contributed by atoms with Crippen LogP contribution in [0.1, 0.15) is 17.5 Å². The van der Waals surface area contributed by atoms with E-state index in [4.69, 9.17) is 9.47 Å². The molecule has 7 heteroatoms. The lowest BCUT2D eigenvalue weighted by Crippen LogP contribution is -2.09. The van der Waals surface area contributed by atoms with Gasteiger partial charge in [-0.05, 0) is 13.3 Å². The first-order valence-electron chi connectivity index (χ1n) is 5.45. The Morgan fingerprint density at radius 2 is 1.47 bits per heavy atom. The average Bonchev–Trinajstić information content (AvgIpc) is 2.31. The molecule has 0 spiro atoms. The molecule has 0 aliphatic rings. The van der Waals surface area contributed by atoms with E-state index in [1.54, 1.807) is 0 Å². The van der Waals surface area contributed by atoms with Gasteiger partial charge in [0, 0.05) is 17.5 Å². The Balaban J connectivity index is 3.29. The molecule has 1 rings (SSSR count). The van der Waals surface area contributed by atoms with Crippen molar-refractivity contribution in [1.82, 2.24) is 0 Å². The highest BCUT2D eigenvalue weighted by Gasteiger charge is 2.30. The van der Waals surface area contributed by atoms with E-state index < -0.39 is 24.8 Å². The van der Waals surface area contributed by atoms with E-state index in [2.05, 4.69) is 0 Å². The molecule has 0 saturated heterocycles. The molecule has 0 atom stereocenters. The van der Waals surface area contributed by atoms with Crippen LogP contribution >= 0.6 is 0 Å². The second-order valence-corrected chi connectivity index (χ2v) is 3.98. The van der Waals surface area contributed by atoms with Crippen molar-refractivity contribution in [3.8, 4) is 23.0 Å². The van der Waals surface area contributed by atoms with Crippen molar-refractivity contribution in [2.24, 2.45) is 0 Å². The molecule has 19 heavy (non-hydrogen) atoms. The van der Waals surface area contributed by atoms with Crippen molar-refractivity contribution < 1.29 is 32.9 Å². The Hall–Kier alpha value is -1.79. The van der Waals surface area contributed by atoms with E-state index in [-0.39, 0.29) is 28.4 Å². The third-order valence-electron chi connectivity index (χ3n) is 2.80. The minimum atomic E-state index is -4.35. The minimum absolute atomic E-state index is 0.00697. The first kappa shape index (κ1) is 15.3. The van der Waals surface area contributed by atoms with Crippen molar-refractivity contribution in [2.45, 2.75) is 25.9 Å². The summed E-state index contributed by atoms with van der Waals surface area (Å²) in [6, 6.07) is 0. The summed E-state index contributed by atoms with van der Waals surface area (Å²) in [4.78, 5) is 0. The molecule has 0 fully saturated rings. The molecule has 2 N–H and O–H groups in total. The van der Waals surface area contributed by atoms with Gasteiger partial charge in [-0.3, -0.25) is 0 Å². The first-order chi connectivity index (χ1) is 8.72. The van der Waals surface area contributed by atoms with Gasteiger partial charge in [0.1, 0.15) is 0 Å². The van der Waals surface area contributed by atoms with Gasteiger partial charge in [0.15, 0.2) is 11.5 Å². The molecule has 0 radical (unpaired) electrons. The number of phenols is 2. The molecule has 1 aromatic rings. The zero-order valence-corrected chi connectivity index (χ0v) is 10.8. The Kier molecular flexibility index (Phi) is 4.39. The zero-order valence-electron chi connectivity index (χ0n) is 10.8. The molecular formula is C12H15F3O4. The van der Waals surface area contributed by atoms with Crippen molar-refractivity contribution in [1.29, 1.82) is 0 Å². The lowest BCUT2D eigenvalue weighted by atomic mass is 10.00. The monoisotopic (exact) mass is 280 g/mol. The molecular weight excluding hydrogens is 265 g/mol. The summed E-state index contributed by atoms with van der Waals surface area (Å²) in [7, 11) is 2.48. The summed E-state index contributed by atoms with van der Waals surface area (Å²) in [6.07, 6.45) is -5.90. The third-order valence-corrected chi connectivity index (χ3v) is 2.80. The average molecular weight is 280 g/mol. The van der Waals surface area contributed by atoms with E-state index in [1.807, 2.05) is 0 Å². The van der Waals surface area contributed by atoms with Crippen LogP contribution in [0.4, 0.5) is 13.2 Å². The van der Waals surface area contributed by atoms with Gasteiger partial charge >= 0.3 is 6.18 Å². The fourth-order valence-corrected chi connectivity index (χ4v) is 1.79. The van der Waals surface area contributed by atoms with Gasteiger partial charge in [0.2, 0.25) is 11.5 Å². The van der Waals surface area contributed by atoms with E-state index in [0.29, 0.717) is 0 Å². The van der Waals surface area contributed by atoms with Crippen LogP contribution < -0.4 is 9.47 Å². The molecule has 0 amide bonds. The number of rotatable bonds is 4. The predicted molar refractivity (Wildman–Crippen MR) is 62.0 cm³/mol. The van der Waals surface area contributed by atoms with Crippen LogP contribution in [0.2, 0.25) is 0 Å². The number of hydrogen-bond donors (Lipinski definition) is 2. The maximum absolute atomic E-state index is 12.2. The molecule has 0 aliphatic heterocycles. The summed E-state index contributed by atoms with van der Waals surface area (Å²) in [5.41, 5.74) is 0.131. The maximum atomic E-state index is 12.2. The van der Waals surface area contributed by atoms with E-state index in [0.717, 1.165) is 0 Å². The lowest BCUT2D eigenvalue weighted by molar-refractivity contribution is -0.134. The highest BCUT2D eigenvalue weighted by atomic mass is 19.4. The van der Waals surface area contributed by atoms with E-state index >= 15 is 0 Å². The number of ether oxygens (including phenoxy) is 2. The summed E-state index contributed by atoms with van der Waals surface area (Å²) >= 11 is 0. The molecule has 0 heterocycles. The number of halogens is 3. The molecule has 0 unspecified atom stereocenters. The fraction of sp³-hybridized carbons (Fsp3) is 0.500. The van der Waals surface area contributed by atoms with Crippen LogP contribution in [-0.2, 0) is 6.42 Å². The third kappa shape index (κ3) is 3.15. The standard InChI is InChI=1S/C12H15F3O4/c1-6-7(4-5-12(13,14)15)9(17)11(19-3)10(18-2)8(6)16/h16-17H,4-5H2,1-3H3. The number of aromatic hydroxyl groups is 2. The second kappa shape index (κ2) is 5.46. The van der Waals surface area contributed by atoms with E-state index in [9.17, 15) is 23.4 Å². The highest BCUT2D eigenvalue weighted by molar-refractivity contribution is 5.65. The Bertz CT molecular complexity index is 469. The van der Waals surface area contributed by atoms with Gasteiger partial charge < -0.3 is 19.7 Å². The second-order valence-electron chi connectivity index (χ2n) is 3.98. The van der Waals surface area contributed by atoms with Crippen LogP contribution in [0.15, 0.2) is 0 Å². The number of methoxy groups -OCH3 is 2. The normalized spacial score (nSPS) is 11.5. The maximum Gasteiger partial charge on any atom is 0.389 e. The Labute approximate surface area is 108 Å². The number of benzene rings is 1. The summed E-state index contributed by atoms with van der Waals surface area (Å²) in [6.45, 7) is 1.41. The van der Waals surface area contributed by atoms with Crippen molar-refractivity contribution >= 4 is 0 Å². The van der Waals surface area contributed by atoms with Gasteiger partial charge in [-0.2, -0.15) is 13.2 Å². The quantitative estimate of drug-likeness (QED) is 0.833. The number of alkyl halides is 3. The Morgan fingerprint density at radius 1 is 1.00 bits per heavy atom. The fourth-order valence-electron chi connectivity index (χ4n) is 1.79. The molecule has 0 saturated carbocycles. The van der Waals surface area contributed by atoms with Crippen LogP contribution in [0.3, 0.4) is 0 Å². The first-order valence-corrected chi connectivity index (χ1v) is 5.45. The van der Waals surface area contributed by atoms with Crippen LogP contribution in [0.25, 0.3) is 0 Å². The molecule has 4 nitrogen and oxygen atoms in total. The van der Waals surface area contributed by atoms with Gasteiger partial charge in [-0.1, -0.05) is 0 Å². The van der Waals surface area contributed by atoms with Gasteiger partial charge in [0.05, 0.1) is 14.2 Å². The SMILES string of the molecule is COc1c(O)c(C)c(CCC(F)(F)F)c(O)c1OC. The molecule has 0 bridgehead atoms. The summed E-state index contributed by atoms with van der Waals surface area (Å²) in [5.74, 6) is -1.07. The van der Waals surface area contributed by atoms with Gasteiger partial charge in [-0.25, -0.2) is 0 Å². The molecule has 0 aliphatic carbocycles. The van der Waals surface area contributed by atoms with Gasteiger partial charge in [-0.15, -0.1) is 0 Å². The van der Waals surface area contributed by atoms with Crippen LogP contribution in [0, 0.1) is 6.92 Å². The molecule has 1 aromatic carbocycles. The van der Waals surface area contributed by atoms with E-state index in [1.165, 1.54) is 21.1 Å². The van der Waals surface area contributed by atoms with Crippen LogP contribution in [-0.4, -0.2) is 30.6 Å². The minimum Gasteiger partial charge on any atom is -0.504 e. The lowest BCUT2D eigenvalue weighted by Gasteiger charge is -2.18. The highest BCUT2D eigenvalue weighted by Crippen LogP contribution is 2.48. The van der Waals surface area contributed by atoms with Crippen molar-refractivity contribution in [2.75, 3.05) is 14.2 Å². The topological polar surface area (TPSA) is 58.9 Å². The number of phenolic OH excluding ortho intramolecular Hbond substituents is 2. The number of hydrogen-bond acceptors (Lipinski definition) is 4. The van der Waals surface area contributed by atoms with Gasteiger partial charge in [0.25, 0.3) is 0 Å². The molecule has 0 aromatic heterocycles. The van der Waals surface area contributed by atoms with Crippen molar-refractivity contribution in [3.05, 3.63) is 11.1 Å². The van der Waals surface area contributed by atoms with Crippen LogP contribution in [0.5, 0.6) is 23.0 Å². The van der Waals surface area contributed by atoms with Crippen molar-refractivity contribution in [3.63, 3.8) is 0 Å². The Morgan fingerprint density at radius 3 is 1.89 bits per heavy atom. The largest absolute Gasteiger partial charge is 0.504 e. The smallest absolute Gasteiger partial charge is 0.389 e.